The van der Waals surface area contributed by atoms with Crippen LogP contribution in [0, 0.1) is 0 Å². The van der Waals surface area contributed by atoms with E-state index < -0.39 is 0 Å². The lowest BCUT2D eigenvalue weighted by Crippen LogP contribution is -2.22. The van der Waals surface area contributed by atoms with Crippen LogP contribution in [0.4, 0.5) is 0 Å². The second-order valence-corrected chi connectivity index (χ2v) is 6.09. The second-order valence-electron chi connectivity index (χ2n) is 3.41. The highest BCUT2D eigenvalue weighted by atomic mass is 79.9. The first-order valence-electron chi connectivity index (χ1n) is 4.88. The third-order valence-electron chi connectivity index (χ3n) is 2.10. The van der Waals surface area contributed by atoms with Crippen molar-refractivity contribution >= 4 is 56.4 Å². The highest BCUT2D eigenvalue weighted by Gasteiger charge is 2.09. The van der Waals surface area contributed by atoms with E-state index in [1.807, 2.05) is 11.4 Å². The van der Waals surface area contributed by atoms with E-state index in [1.165, 1.54) is 12.3 Å². The molecule has 3 nitrogen and oxygen atoms in total. The summed E-state index contributed by atoms with van der Waals surface area (Å²) in [6.07, 6.45) is 1.40. The molecule has 0 fully saturated rings. The van der Waals surface area contributed by atoms with Crippen molar-refractivity contribution in [3.05, 3.63) is 48.8 Å². The van der Waals surface area contributed by atoms with Gasteiger partial charge in [0.15, 0.2) is 0 Å². The molecule has 94 valence electrons. The zero-order chi connectivity index (χ0) is 13.1. The Balaban J connectivity index is 2.01. The van der Waals surface area contributed by atoms with Crippen molar-refractivity contribution in [3.63, 3.8) is 0 Å². The van der Waals surface area contributed by atoms with E-state index in [1.54, 1.807) is 11.3 Å². The lowest BCUT2D eigenvalue weighted by atomic mass is 10.2. The Morgan fingerprint density at radius 1 is 1.44 bits per heavy atom. The van der Waals surface area contributed by atoms with Crippen molar-refractivity contribution in [2.45, 2.75) is 6.54 Å². The third-order valence-corrected chi connectivity index (χ3v) is 4.49. The summed E-state index contributed by atoms with van der Waals surface area (Å²) in [5.41, 5.74) is 0.389. The fourth-order valence-electron chi connectivity index (χ4n) is 1.26. The molecule has 7 heteroatoms. The van der Waals surface area contributed by atoms with Crippen molar-refractivity contribution in [2.24, 2.45) is 0 Å². The van der Waals surface area contributed by atoms with Gasteiger partial charge in [-0.3, -0.25) is 4.79 Å². The van der Waals surface area contributed by atoms with Gasteiger partial charge in [-0.15, -0.1) is 11.3 Å². The highest BCUT2D eigenvalue weighted by Crippen LogP contribution is 2.21. The number of carbonyl (C=O) groups is 1. The number of nitrogens with one attached hydrogen (secondary N) is 1. The van der Waals surface area contributed by atoms with Crippen LogP contribution < -0.4 is 5.32 Å². The van der Waals surface area contributed by atoms with Crippen molar-refractivity contribution < 1.29 is 4.79 Å². The highest BCUT2D eigenvalue weighted by molar-refractivity contribution is 9.10. The zero-order valence-electron chi connectivity index (χ0n) is 8.91. The summed E-state index contributed by atoms with van der Waals surface area (Å²) in [6, 6.07) is 3.45. The molecular formula is C11H7BrCl2N2OS. The normalized spacial score (nSPS) is 10.4. The summed E-state index contributed by atoms with van der Waals surface area (Å²) in [5, 5.41) is 5.20. The molecule has 2 aromatic heterocycles. The lowest BCUT2D eigenvalue weighted by Gasteiger charge is -2.04. The predicted octanol–water partition coefficient (Wildman–Crippen LogP) is 4.14. The second kappa shape index (κ2) is 6.02. The number of pyridine rings is 1. The van der Waals surface area contributed by atoms with Crippen LogP contribution in [0.5, 0.6) is 0 Å². The van der Waals surface area contributed by atoms with Crippen LogP contribution >= 0.6 is 50.5 Å². The van der Waals surface area contributed by atoms with E-state index in [4.69, 9.17) is 23.2 Å². The molecule has 0 atom stereocenters. The molecule has 18 heavy (non-hydrogen) atoms. The van der Waals surface area contributed by atoms with Gasteiger partial charge < -0.3 is 5.32 Å². The molecule has 2 heterocycles. The van der Waals surface area contributed by atoms with E-state index in [0.29, 0.717) is 12.1 Å². The van der Waals surface area contributed by atoms with Crippen LogP contribution in [0.1, 0.15) is 15.2 Å². The molecule has 0 radical (unpaired) electrons. The molecule has 1 amide bonds. The monoisotopic (exact) mass is 364 g/mol. The molecule has 0 spiro atoms. The van der Waals surface area contributed by atoms with Crippen LogP contribution in [-0.4, -0.2) is 10.9 Å². The number of hydrogen-bond acceptors (Lipinski definition) is 3. The molecule has 2 rings (SSSR count). The summed E-state index contributed by atoms with van der Waals surface area (Å²) >= 11 is 16.4. The Morgan fingerprint density at radius 3 is 2.83 bits per heavy atom. The molecule has 0 saturated carbocycles. The summed E-state index contributed by atoms with van der Waals surface area (Å²) < 4.78 is 1.01. The number of rotatable bonds is 3. The van der Waals surface area contributed by atoms with Gasteiger partial charge >= 0.3 is 0 Å². The average molecular weight is 366 g/mol. The van der Waals surface area contributed by atoms with Gasteiger partial charge in [-0.1, -0.05) is 23.2 Å². The standard InChI is InChI=1S/C11H7BrCl2N2OS/c12-7-2-8(18-5-7)4-16-11(17)6-1-9(13)10(14)15-3-6/h1-3,5H,4H2,(H,16,17). The van der Waals surface area contributed by atoms with E-state index >= 15 is 0 Å². The van der Waals surface area contributed by atoms with Crippen molar-refractivity contribution in [2.75, 3.05) is 0 Å². The number of hydrogen-bond donors (Lipinski definition) is 1. The number of carbonyl (C=O) groups excluding carboxylic acids is 1. The van der Waals surface area contributed by atoms with Gasteiger partial charge in [0.2, 0.25) is 0 Å². The van der Waals surface area contributed by atoms with E-state index in [9.17, 15) is 4.79 Å². The number of halogens is 3. The Kier molecular flexibility index (Phi) is 4.61. The van der Waals surface area contributed by atoms with E-state index in [-0.39, 0.29) is 16.1 Å². The minimum Gasteiger partial charge on any atom is -0.347 e. The van der Waals surface area contributed by atoms with Crippen LogP contribution in [-0.2, 0) is 6.54 Å². The van der Waals surface area contributed by atoms with Crippen molar-refractivity contribution in [1.29, 1.82) is 0 Å². The largest absolute Gasteiger partial charge is 0.347 e. The van der Waals surface area contributed by atoms with Crippen molar-refractivity contribution in [3.8, 4) is 0 Å². The predicted molar refractivity (Wildman–Crippen MR) is 77.4 cm³/mol. The molecule has 0 bridgehead atoms. The van der Waals surface area contributed by atoms with Gasteiger partial charge in [0.05, 0.1) is 17.1 Å². The van der Waals surface area contributed by atoms with Gasteiger partial charge in [0, 0.05) is 20.9 Å². The first-order valence-corrected chi connectivity index (χ1v) is 7.31. The van der Waals surface area contributed by atoms with Crippen molar-refractivity contribution in [1.82, 2.24) is 10.3 Å². The minimum atomic E-state index is -0.231. The van der Waals surface area contributed by atoms with Gasteiger partial charge in [-0.2, -0.15) is 0 Å². The van der Waals surface area contributed by atoms with Crippen LogP contribution in [0.15, 0.2) is 28.2 Å². The van der Waals surface area contributed by atoms with Crippen LogP contribution in [0.2, 0.25) is 10.2 Å². The maximum Gasteiger partial charge on any atom is 0.253 e. The van der Waals surface area contributed by atoms with Crippen LogP contribution in [0.25, 0.3) is 0 Å². The Bertz CT molecular complexity index is 588. The van der Waals surface area contributed by atoms with Gasteiger partial charge in [-0.05, 0) is 28.1 Å². The fraction of sp³-hybridized carbons (Fsp3) is 0.0909. The fourth-order valence-corrected chi connectivity index (χ4v) is 2.92. The first-order chi connectivity index (χ1) is 8.56. The molecule has 2 aromatic rings. The molecular weight excluding hydrogens is 359 g/mol. The number of thiophene rings is 1. The topological polar surface area (TPSA) is 42.0 Å². The van der Waals surface area contributed by atoms with E-state index in [2.05, 4.69) is 26.2 Å². The Morgan fingerprint density at radius 2 is 2.22 bits per heavy atom. The smallest absolute Gasteiger partial charge is 0.253 e. The summed E-state index contributed by atoms with van der Waals surface area (Å²) in [5.74, 6) is -0.231. The lowest BCUT2D eigenvalue weighted by molar-refractivity contribution is 0.0951. The maximum atomic E-state index is 11.8. The molecule has 0 aliphatic heterocycles. The van der Waals surface area contributed by atoms with Gasteiger partial charge in [0.1, 0.15) is 5.15 Å². The molecule has 0 saturated heterocycles. The maximum absolute atomic E-state index is 11.8. The van der Waals surface area contributed by atoms with E-state index in [0.717, 1.165) is 9.35 Å². The Hall–Kier alpha value is -0.620. The third kappa shape index (κ3) is 3.45. The first kappa shape index (κ1) is 13.8. The summed E-state index contributed by atoms with van der Waals surface area (Å²) in [4.78, 5) is 16.7. The Labute approximate surface area is 126 Å². The average Bonchev–Trinajstić information content (AvgIpc) is 2.75. The molecule has 0 aromatic carbocycles. The van der Waals surface area contributed by atoms with Crippen LogP contribution in [0.3, 0.4) is 0 Å². The number of amides is 1. The molecule has 0 aliphatic rings. The number of aromatic nitrogens is 1. The molecule has 1 N–H and O–H groups in total. The SMILES string of the molecule is O=C(NCc1cc(Br)cs1)c1cnc(Cl)c(Cl)c1. The minimum absolute atomic E-state index is 0.190. The quantitative estimate of drug-likeness (QED) is 0.830. The number of nitrogens with zero attached hydrogens (tertiary/aromatic N) is 1. The summed E-state index contributed by atoms with van der Waals surface area (Å²) in [7, 11) is 0. The molecule has 0 unspecified atom stereocenters. The van der Waals surface area contributed by atoms with Gasteiger partial charge in [0.25, 0.3) is 5.91 Å². The van der Waals surface area contributed by atoms with Gasteiger partial charge in [-0.25, -0.2) is 4.98 Å². The molecule has 0 aliphatic carbocycles. The summed E-state index contributed by atoms with van der Waals surface area (Å²) in [6.45, 7) is 0.468. The zero-order valence-corrected chi connectivity index (χ0v) is 12.8.